The van der Waals surface area contributed by atoms with Crippen LogP contribution in [0.15, 0.2) is 18.3 Å². The maximum atomic E-state index is 12.1. The number of hydrogen-bond donors (Lipinski definition) is 2. The Kier molecular flexibility index (Phi) is 1.62. The molecule has 0 radical (unpaired) electrons. The maximum absolute atomic E-state index is 12.1. The third-order valence-electron chi connectivity index (χ3n) is 1.04. The van der Waals surface area contributed by atoms with Gasteiger partial charge in [-0.05, 0) is 12.1 Å². The highest BCUT2D eigenvalue weighted by Crippen LogP contribution is 1.96. The van der Waals surface area contributed by atoms with Crippen LogP contribution in [-0.4, -0.2) is 10.8 Å². The number of aromatic nitrogens is 1. The van der Waals surface area contributed by atoms with Crippen LogP contribution in [0.4, 0.5) is 4.39 Å². The summed E-state index contributed by atoms with van der Waals surface area (Å²) >= 11 is 0. The van der Waals surface area contributed by atoms with E-state index >= 15 is 0 Å². The average Bonchev–Trinajstić information content (AvgIpc) is 1.88. The van der Waals surface area contributed by atoms with Gasteiger partial charge in [-0.15, -0.1) is 0 Å². The van der Waals surface area contributed by atoms with Crippen LogP contribution in [0.25, 0.3) is 0 Å². The molecule has 0 aliphatic carbocycles. The van der Waals surface area contributed by atoms with Gasteiger partial charge in [0.2, 0.25) is 5.95 Å². The van der Waals surface area contributed by atoms with Crippen LogP contribution in [-0.2, 0) is 0 Å². The molecular weight excluding hydrogens is 133 g/mol. The van der Waals surface area contributed by atoms with Crippen LogP contribution in [0, 0.1) is 11.4 Å². The van der Waals surface area contributed by atoms with Gasteiger partial charge in [-0.3, -0.25) is 5.41 Å². The summed E-state index contributed by atoms with van der Waals surface area (Å²) in [7, 11) is 0. The SMILES string of the molecule is N=C(N)c1ccc(F)nc1. The Morgan fingerprint density at radius 3 is 2.70 bits per heavy atom. The molecule has 52 valence electrons. The Morgan fingerprint density at radius 2 is 2.30 bits per heavy atom. The zero-order valence-electron chi connectivity index (χ0n) is 5.13. The van der Waals surface area contributed by atoms with Crippen molar-refractivity contribution in [1.82, 2.24) is 4.98 Å². The molecule has 0 saturated carbocycles. The van der Waals surface area contributed by atoms with Crippen molar-refractivity contribution < 1.29 is 4.39 Å². The summed E-state index contributed by atoms with van der Waals surface area (Å²) < 4.78 is 12.1. The Hall–Kier alpha value is -1.45. The second kappa shape index (κ2) is 2.43. The van der Waals surface area contributed by atoms with Crippen LogP contribution in [0.5, 0.6) is 0 Å². The molecule has 0 spiro atoms. The quantitative estimate of drug-likeness (QED) is 0.338. The number of rotatable bonds is 1. The summed E-state index contributed by atoms with van der Waals surface area (Å²) in [5.41, 5.74) is 5.52. The van der Waals surface area contributed by atoms with E-state index in [-0.39, 0.29) is 5.84 Å². The molecule has 0 saturated heterocycles. The smallest absolute Gasteiger partial charge is 0.212 e. The first-order valence-electron chi connectivity index (χ1n) is 2.66. The van der Waals surface area contributed by atoms with E-state index in [9.17, 15) is 4.39 Å². The fraction of sp³-hybridized carbons (Fsp3) is 0. The predicted octanol–water partition coefficient (Wildman–Crippen LogP) is 0.505. The number of nitrogens with two attached hydrogens (primary N) is 1. The van der Waals surface area contributed by atoms with Gasteiger partial charge in [-0.25, -0.2) is 4.98 Å². The standard InChI is InChI=1S/C6H6FN3/c7-5-2-1-4(3-10-5)6(8)9/h1-3H,(H3,8,9). The highest BCUT2D eigenvalue weighted by atomic mass is 19.1. The second-order valence-electron chi connectivity index (χ2n) is 1.78. The molecule has 0 bridgehead atoms. The number of nitrogens with zero attached hydrogens (tertiary/aromatic N) is 1. The van der Waals surface area contributed by atoms with Crippen LogP contribution in [0.1, 0.15) is 5.56 Å². The molecular formula is C6H6FN3. The van der Waals surface area contributed by atoms with Gasteiger partial charge < -0.3 is 5.73 Å². The first kappa shape index (κ1) is 6.67. The molecule has 0 atom stereocenters. The van der Waals surface area contributed by atoms with E-state index in [1.807, 2.05) is 0 Å². The van der Waals surface area contributed by atoms with Crippen molar-refractivity contribution in [2.45, 2.75) is 0 Å². The number of halogens is 1. The molecule has 0 aromatic carbocycles. The predicted molar refractivity (Wildman–Crippen MR) is 35.2 cm³/mol. The topological polar surface area (TPSA) is 62.8 Å². The van der Waals surface area contributed by atoms with E-state index in [2.05, 4.69) is 4.98 Å². The molecule has 10 heavy (non-hydrogen) atoms. The highest BCUT2D eigenvalue weighted by Gasteiger charge is 1.95. The maximum Gasteiger partial charge on any atom is 0.212 e. The minimum atomic E-state index is -0.565. The summed E-state index contributed by atoms with van der Waals surface area (Å²) in [5, 5.41) is 6.92. The van der Waals surface area contributed by atoms with E-state index in [4.69, 9.17) is 11.1 Å². The van der Waals surface area contributed by atoms with E-state index < -0.39 is 5.95 Å². The van der Waals surface area contributed by atoms with Crippen LogP contribution in [0.3, 0.4) is 0 Å². The van der Waals surface area contributed by atoms with Crippen molar-refractivity contribution in [3.05, 3.63) is 29.8 Å². The monoisotopic (exact) mass is 139 g/mol. The number of pyridine rings is 1. The van der Waals surface area contributed by atoms with Gasteiger partial charge >= 0.3 is 0 Å². The van der Waals surface area contributed by atoms with Gasteiger partial charge in [0.15, 0.2) is 0 Å². The second-order valence-corrected chi connectivity index (χ2v) is 1.78. The Balaban J connectivity index is 3.00. The van der Waals surface area contributed by atoms with E-state index in [1.165, 1.54) is 12.3 Å². The van der Waals surface area contributed by atoms with Crippen molar-refractivity contribution in [3.8, 4) is 0 Å². The summed E-state index contributed by atoms with van der Waals surface area (Å²) in [4.78, 5) is 3.31. The summed E-state index contributed by atoms with van der Waals surface area (Å²) in [5.74, 6) is -0.669. The molecule has 0 fully saturated rings. The normalized spacial score (nSPS) is 9.30. The summed E-state index contributed by atoms with van der Waals surface area (Å²) in [6, 6.07) is 2.57. The lowest BCUT2D eigenvalue weighted by atomic mass is 10.3. The largest absolute Gasteiger partial charge is 0.384 e. The lowest BCUT2D eigenvalue weighted by Crippen LogP contribution is -2.11. The third kappa shape index (κ3) is 1.28. The molecule has 1 aromatic heterocycles. The lowest BCUT2D eigenvalue weighted by molar-refractivity contribution is 0.583. The highest BCUT2D eigenvalue weighted by molar-refractivity contribution is 5.94. The van der Waals surface area contributed by atoms with Crippen molar-refractivity contribution in [1.29, 1.82) is 5.41 Å². The Morgan fingerprint density at radius 1 is 1.60 bits per heavy atom. The van der Waals surface area contributed by atoms with Gasteiger partial charge in [0.25, 0.3) is 0 Å². The number of nitrogens with one attached hydrogen (secondary N) is 1. The van der Waals surface area contributed by atoms with Crippen molar-refractivity contribution >= 4 is 5.84 Å². The summed E-state index contributed by atoms with van der Waals surface area (Å²) in [6.07, 6.45) is 1.22. The molecule has 1 aromatic rings. The fourth-order valence-electron chi connectivity index (χ4n) is 0.535. The van der Waals surface area contributed by atoms with Gasteiger partial charge in [0.1, 0.15) is 5.84 Å². The summed E-state index contributed by atoms with van der Waals surface area (Å²) in [6.45, 7) is 0. The first-order valence-corrected chi connectivity index (χ1v) is 2.66. The Labute approximate surface area is 57.2 Å². The first-order chi connectivity index (χ1) is 4.70. The van der Waals surface area contributed by atoms with Crippen LogP contribution >= 0.6 is 0 Å². The lowest BCUT2D eigenvalue weighted by Gasteiger charge is -1.93. The zero-order chi connectivity index (χ0) is 7.56. The number of hydrogen-bond acceptors (Lipinski definition) is 2. The molecule has 0 amide bonds. The van der Waals surface area contributed by atoms with E-state index in [0.717, 1.165) is 6.07 Å². The van der Waals surface area contributed by atoms with Crippen molar-refractivity contribution in [2.24, 2.45) is 5.73 Å². The van der Waals surface area contributed by atoms with Gasteiger partial charge in [-0.1, -0.05) is 0 Å². The van der Waals surface area contributed by atoms with E-state index in [1.54, 1.807) is 0 Å². The van der Waals surface area contributed by atoms with Gasteiger partial charge in [0, 0.05) is 11.8 Å². The molecule has 4 heteroatoms. The molecule has 1 heterocycles. The molecule has 3 nitrogen and oxygen atoms in total. The fourth-order valence-corrected chi connectivity index (χ4v) is 0.535. The Bertz CT molecular complexity index is 242. The third-order valence-corrected chi connectivity index (χ3v) is 1.04. The van der Waals surface area contributed by atoms with Crippen LogP contribution in [0.2, 0.25) is 0 Å². The minimum absolute atomic E-state index is 0.104. The number of nitrogen functional groups attached to an aromatic ring is 1. The van der Waals surface area contributed by atoms with Crippen LogP contribution < -0.4 is 5.73 Å². The molecule has 3 N–H and O–H groups in total. The average molecular weight is 139 g/mol. The zero-order valence-corrected chi connectivity index (χ0v) is 5.13. The van der Waals surface area contributed by atoms with Gasteiger partial charge in [-0.2, -0.15) is 4.39 Å². The number of amidine groups is 1. The minimum Gasteiger partial charge on any atom is -0.384 e. The molecule has 0 aliphatic heterocycles. The van der Waals surface area contributed by atoms with Gasteiger partial charge in [0.05, 0.1) is 0 Å². The molecule has 0 unspecified atom stereocenters. The molecule has 0 aliphatic rings. The van der Waals surface area contributed by atoms with Crippen molar-refractivity contribution in [2.75, 3.05) is 0 Å². The van der Waals surface area contributed by atoms with Crippen molar-refractivity contribution in [3.63, 3.8) is 0 Å². The molecule has 1 rings (SSSR count). The van der Waals surface area contributed by atoms with E-state index in [0.29, 0.717) is 5.56 Å².